The Labute approximate surface area is 205 Å². The van der Waals surface area contributed by atoms with E-state index in [1.165, 1.54) is 0 Å². The number of benzene rings is 2. The van der Waals surface area contributed by atoms with Gasteiger partial charge in [-0.25, -0.2) is 0 Å². The number of likely N-dealkylation sites (tertiary alicyclic amines) is 1. The molecule has 2 amide bonds. The van der Waals surface area contributed by atoms with Gasteiger partial charge in [0.25, 0.3) is 5.91 Å². The minimum Gasteiger partial charge on any atom is -0.342 e. The summed E-state index contributed by atoms with van der Waals surface area (Å²) in [6.07, 6.45) is 6.82. The fourth-order valence-corrected chi connectivity index (χ4v) is 5.94. The highest BCUT2D eigenvalue weighted by Gasteiger charge is 2.50. The lowest BCUT2D eigenvalue weighted by Crippen LogP contribution is -2.44. The fourth-order valence-electron chi connectivity index (χ4n) is 5.82. The third kappa shape index (κ3) is 3.94. The summed E-state index contributed by atoms with van der Waals surface area (Å²) in [4.78, 5) is 35.3. The first-order valence-corrected chi connectivity index (χ1v) is 13.0. The Kier molecular flexibility index (Phi) is 5.48. The van der Waals surface area contributed by atoms with Gasteiger partial charge < -0.3 is 4.90 Å². The number of rotatable bonds is 5. The topological polar surface area (TPSA) is 53.0 Å². The molecule has 2 aromatic carbocycles. The number of nitrogens with zero attached hydrogens (tertiary/aromatic N) is 3. The molecular weight excluding hydrogens is 446 g/mol. The molecule has 1 atom stereocenters. The molecule has 2 saturated carbocycles. The highest BCUT2D eigenvalue weighted by Crippen LogP contribution is 2.41. The molecular formula is C28H30ClN3O2. The van der Waals surface area contributed by atoms with Gasteiger partial charge in [-0.15, -0.1) is 0 Å². The van der Waals surface area contributed by atoms with Crippen LogP contribution in [0.15, 0.2) is 53.5 Å². The van der Waals surface area contributed by atoms with E-state index in [1.54, 1.807) is 0 Å². The number of aliphatic imine (C=N–C) groups is 1. The highest BCUT2D eigenvalue weighted by atomic mass is 35.5. The van der Waals surface area contributed by atoms with Crippen LogP contribution in [0.5, 0.6) is 0 Å². The molecule has 2 aromatic rings. The Morgan fingerprint density at radius 2 is 1.56 bits per heavy atom. The molecule has 1 unspecified atom stereocenters. The van der Waals surface area contributed by atoms with E-state index in [1.807, 2.05) is 34.1 Å². The maximum atomic E-state index is 13.7. The summed E-state index contributed by atoms with van der Waals surface area (Å²) < 4.78 is 0. The highest BCUT2D eigenvalue weighted by molar-refractivity contribution is 6.30. The van der Waals surface area contributed by atoms with Gasteiger partial charge in [-0.3, -0.25) is 19.5 Å². The SMILES string of the molecule is O=C(C1CC1)N1CCC(CN2C(=O)C3(CCCC3)N=C2c2ccc(-c3ccc(Cl)cc3)cc2)C1. The standard InChI is InChI=1S/C28H30ClN3O2/c29-24-11-9-21(10-12-24)20-3-5-22(6-4-20)25-30-28(14-1-2-15-28)27(34)32(25)18-19-13-16-31(17-19)26(33)23-7-8-23/h3-6,9-12,19,23H,1-2,7-8,13-18H2. The van der Waals surface area contributed by atoms with Crippen molar-refractivity contribution >= 4 is 29.3 Å². The van der Waals surface area contributed by atoms with Gasteiger partial charge in [0.05, 0.1) is 0 Å². The van der Waals surface area contributed by atoms with E-state index in [0.717, 1.165) is 85.6 Å². The lowest BCUT2D eigenvalue weighted by atomic mass is 9.97. The van der Waals surface area contributed by atoms with Crippen molar-refractivity contribution in [3.63, 3.8) is 0 Å². The first kappa shape index (κ1) is 21.8. The molecule has 0 aromatic heterocycles. The van der Waals surface area contributed by atoms with Gasteiger partial charge in [-0.1, -0.05) is 60.8 Å². The predicted molar refractivity (Wildman–Crippen MR) is 134 cm³/mol. The van der Waals surface area contributed by atoms with Crippen LogP contribution in [0.1, 0.15) is 50.5 Å². The second-order valence-corrected chi connectivity index (χ2v) is 10.8. The number of hydrogen-bond acceptors (Lipinski definition) is 3. The molecule has 6 heteroatoms. The lowest BCUT2D eigenvalue weighted by Gasteiger charge is -2.25. The number of amidine groups is 1. The third-order valence-corrected chi connectivity index (χ3v) is 8.19. The lowest BCUT2D eigenvalue weighted by molar-refractivity contribution is -0.131. The largest absolute Gasteiger partial charge is 0.342 e. The average molecular weight is 476 g/mol. The van der Waals surface area contributed by atoms with Crippen LogP contribution in [0.25, 0.3) is 11.1 Å². The summed E-state index contributed by atoms with van der Waals surface area (Å²) in [6, 6.07) is 16.2. The molecule has 0 N–H and O–H groups in total. The van der Waals surface area contributed by atoms with Crippen molar-refractivity contribution in [2.24, 2.45) is 16.8 Å². The fraction of sp³-hybridized carbons (Fsp3) is 0.464. The molecule has 34 heavy (non-hydrogen) atoms. The second kappa shape index (κ2) is 8.53. The van der Waals surface area contributed by atoms with Crippen LogP contribution < -0.4 is 0 Å². The summed E-state index contributed by atoms with van der Waals surface area (Å²) in [6.45, 7) is 2.22. The van der Waals surface area contributed by atoms with Crippen LogP contribution in [-0.4, -0.2) is 52.6 Å². The summed E-state index contributed by atoms with van der Waals surface area (Å²) >= 11 is 6.04. The third-order valence-electron chi connectivity index (χ3n) is 7.94. The van der Waals surface area contributed by atoms with Gasteiger partial charge >= 0.3 is 0 Å². The minimum atomic E-state index is -0.577. The number of hydrogen-bond donors (Lipinski definition) is 0. The van der Waals surface area contributed by atoms with Crippen molar-refractivity contribution in [3.8, 4) is 11.1 Å². The van der Waals surface area contributed by atoms with Crippen molar-refractivity contribution in [1.29, 1.82) is 0 Å². The average Bonchev–Trinajstić information content (AvgIpc) is 3.30. The Morgan fingerprint density at radius 3 is 2.21 bits per heavy atom. The predicted octanol–water partition coefficient (Wildman–Crippen LogP) is 5.17. The molecule has 2 aliphatic carbocycles. The number of carbonyl (C=O) groups is 2. The van der Waals surface area contributed by atoms with Crippen molar-refractivity contribution in [1.82, 2.24) is 9.80 Å². The van der Waals surface area contributed by atoms with E-state index < -0.39 is 5.54 Å². The molecule has 3 fully saturated rings. The normalized spacial score (nSPS) is 23.7. The second-order valence-electron chi connectivity index (χ2n) is 10.4. The summed E-state index contributed by atoms with van der Waals surface area (Å²) in [5.41, 5.74) is 2.62. The Hall–Kier alpha value is -2.66. The van der Waals surface area contributed by atoms with Crippen LogP contribution in [0.4, 0.5) is 0 Å². The van der Waals surface area contributed by atoms with Crippen LogP contribution in [0.2, 0.25) is 5.02 Å². The monoisotopic (exact) mass is 475 g/mol. The molecule has 5 nitrogen and oxygen atoms in total. The Bertz CT molecular complexity index is 1130. The van der Waals surface area contributed by atoms with Crippen molar-refractivity contribution in [2.45, 2.75) is 50.5 Å². The number of halogens is 1. The summed E-state index contributed by atoms with van der Waals surface area (Å²) in [5, 5.41) is 0.723. The van der Waals surface area contributed by atoms with Crippen molar-refractivity contribution in [2.75, 3.05) is 19.6 Å². The van der Waals surface area contributed by atoms with Gasteiger partial charge in [-0.2, -0.15) is 0 Å². The van der Waals surface area contributed by atoms with Gasteiger partial charge in [-0.05, 0) is 61.3 Å². The van der Waals surface area contributed by atoms with E-state index in [-0.39, 0.29) is 11.8 Å². The zero-order valence-corrected chi connectivity index (χ0v) is 20.1. The van der Waals surface area contributed by atoms with E-state index in [9.17, 15) is 9.59 Å². The Morgan fingerprint density at radius 1 is 0.941 bits per heavy atom. The van der Waals surface area contributed by atoms with Crippen LogP contribution in [0, 0.1) is 11.8 Å². The molecule has 1 spiro atoms. The molecule has 6 rings (SSSR count). The van der Waals surface area contributed by atoms with E-state index in [2.05, 4.69) is 24.3 Å². The molecule has 1 saturated heterocycles. The van der Waals surface area contributed by atoms with Gasteiger partial charge in [0.15, 0.2) is 0 Å². The number of carbonyl (C=O) groups excluding carboxylic acids is 2. The van der Waals surface area contributed by atoms with Crippen LogP contribution in [0.3, 0.4) is 0 Å². The van der Waals surface area contributed by atoms with E-state index in [4.69, 9.17) is 16.6 Å². The summed E-state index contributed by atoms with van der Waals surface area (Å²) in [5.74, 6) is 1.84. The maximum Gasteiger partial charge on any atom is 0.256 e. The van der Waals surface area contributed by atoms with Gasteiger partial charge in [0, 0.05) is 36.1 Å². The molecule has 0 radical (unpaired) electrons. The first-order chi connectivity index (χ1) is 16.5. The van der Waals surface area contributed by atoms with E-state index >= 15 is 0 Å². The number of amides is 2. The zero-order valence-electron chi connectivity index (χ0n) is 19.4. The van der Waals surface area contributed by atoms with Gasteiger partial charge in [0.2, 0.25) is 5.91 Å². The zero-order chi connectivity index (χ0) is 23.3. The summed E-state index contributed by atoms with van der Waals surface area (Å²) in [7, 11) is 0. The van der Waals surface area contributed by atoms with Crippen LogP contribution >= 0.6 is 11.6 Å². The smallest absolute Gasteiger partial charge is 0.256 e. The van der Waals surface area contributed by atoms with Crippen molar-refractivity contribution < 1.29 is 9.59 Å². The maximum absolute atomic E-state index is 13.7. The molecule has 2 aliphatic heterocycles. The Balaban J connectivity index is 1.24. The van der Waals surface area contributed by atoms with E-state index in [0.29, 0.717) is 18.4 Å². The molecule has 2 heterocycles. The van der Waals surface area contributed by atoms with Crippen LogP contribution in [-0.2, 0) is 9.59 Å². The van der Waals surface area contributed by atoms with Gasteiger partial charge in [0.1, 0.15) is 11.4 Å². The minimum absolute atomic E-state index is 0.161. The molecule has 176 valence electrons. The molecule has 0 bridgehead atoms. The molecule has 4 aliphatic rings. The quantitative estimate of drug-likeness (QED) is 0.599. The first-order valence-electron chi connectivity index (χ1n) is 12.6. The van der Waals surface area contributed by atoms with Crippen molar-refractivity contribution in [3.05, 3.63) is 59.1 Å².